The lowest BCUT2D eigenvalue weighted by Gasteiger charge is -2.06. The molecule has 0 unspecified atom stereocenters. The van der Waals surface area contributed by atoms with Crippen molar-refractivity contribution in [2.24, 2.45) is 10.7 Å². The molecule has 0 aliphatic heterocycles. The Morgan fingerprint density at radius 2 is 1.89 bits per heavy atom. The van der Waals surface area contributed by atoms with E-state index < -0.39 is 0 Å². The highest BCUT2D eigenvalue weighted by Gasteiger charge is 2.08. The summed E-state index contributed by atoms with van der Waals surface area (Å²) in [4.78, 5) is 8.58. The summed E-state index contributed by atoms with van der Waals surface area (Å²) in [6.07, 6.45) is 1.28. The van der Waals surface area contributed by atoms with Crippen molar-refractivity contribution in [3.05, 3.63) is 60.2 Å². The predicted molar refractivity (Wildman–Crippen MR) is 117 cm³/mol. The van der Waals surface area contributed by atoms with Gasteiger partial charge in [0.25, 0.3) is 0 Å². The zero-order chi connectivity index (χ0) is 19.1. The molecule has 0 aliphatic carbocycles. The second kappa shape index (κ2) is 10.6. The summed E-state index contributed by atoms with van der Waals surface area (Å²) in [6.45, 7) is 0.517. The summed E-state index contributed by atoms with van der Waals surface area (Å²) in [7, 11) is 1.62. The maximum atomic E-state index is 13.0. The number of benzene rings is 2. The molecule has 0 radical (unpaired) electrons. The number of ether oxygens (including phenoxy) is 1. The van der Waals surface area contributed by atoms with Crippen LogP contribution in [0.15, 0.2) is 58.0 Å². The number of hydrogen-bond donors (Lipinski definition) is 2. The lowest BCUT2D eigenvalue weighted by Crippen LogP contribution is -2.22. The number of anilines is 1. The van der Waals surface area contributed by atoms with Gasteiger partial charge < -0.3 is 20.3 Å². The van der Waals surface area contributed by atoms with Crippen molar-refractivity contribution < 1.29 is 13.7 Å². The van der Waals surface area contributed by atoms with Gasteiger partial charge in [0.1, 0.15) is 11.6 Å². The molecule has 7 nitrogen and oxygen atoms in total. The zero-order valence-electron chi connectivity index (χ0n) is 15.3. The van der Waals surface area contributed by atoms with E-state index in [9.17, 15) is 4.39 Å². The second-order valence-corrected chi connectivity index (χ2v) is 5.74. The molecule has 0 saturated heterocycles. The monoisotopic (exact) mass is 497 g/mol. The van der Waals surface area contributed by atoms with E-state index in [1.54, 1.807) is 19.2 Å². The number of aryl methyl sites for hydroxylation is 1. The van der Waals surface area contributed by atoms with E-state index in [0.717, 1.165) is 11.4 Å². The topological polar surface area (TPSA) is 98.6 Å². The van der Waals surface area contributed by atoms with Crippen LogP contribution in [0.2, 0.25) is 0 Å². The summed E-state index contributed by atoms with van der Waals surface area (Å²) in [5, 5.41) is 6.92. The Kier molecular flexibility index (Phi) is 8.18. The lowest BCUT2D eigenvalue weighted by atomic mass is 10.2. The maximum absolute atomic E-state index is 13.0. The quantitative estimate of drug-likeness (QED) is 0.223. The van der Waals surface area contributed by atoms with Crippen molar-refractivity contribution in [2.45, 2.75) is 12.8 Å². The number of rotatable bonds is 7. The van der Waals surface area contributed by atoms with Crippen LogP contribution in [0.4, 0.5) is 10.1 Å². The molecule has 0 amide bonds. The molecule has 1 aromatic heterocycles. The Labute approximate surface area is 179 Å². The minimum absolute atomic E-state index is 0. The average molecular weight is 497 g/mol. The molecule has 28 heavy (non-hydrogen) atoms. The highest BCUT2D eigenvalue weighted by molar-refractivity contribution is 14.0. The summed E-state index contributed by atoms with van der Waals surface area (Å²) in [5.74, 6) is 1.75. The van der Waals surface area contributed by atoms with Crippen LogP contribution >= 0.6 is 24.0 Å². The van der Waals surface area contributed by atoms with Gasteiger partial charge in [-0.15, -0.1) is 24.0 Å². The van der Waals surface area contributed by atoms with Gasteiger partial charge in [-0.3, -0.25) is 4.99 Å². The maximum Gasteiger partial charge on any atom is 0.227 e. The van der Waals surface area contributed by atoms with Gasteiger partial charge in [0, 0.05) is 24.2 Å². The Morgan fingerprint density at radius 1 is 1.18 bits per heavy atom. The van der Waals surface area contributed by atoms with E-state index in [2.05, 4.69) is 20.4 Å². The molecule has 0 bridgehead atoms. The van der Waals surface area contributed by atoms with Crippen molar-refractivity contribution in [1.29, 1.82) is 0 Å². The predicted octanol–water partition coefficient (Wildman–Crippen LogP) is 3.86. The first-order valence-corrected chi connectivity index (χ1v) is 8.43. The first-order chi connectivity index (χ1) is 13.1. The number of aromatic nitrogens is 2. The standard InChI is InChI=1S/C19H20FN5O2.HI/c1-26-16-10-8-15(9-11-16)23-19(21)22-12-2-3-17-24-18(25-27-17)13-4-6-14(20)7-5-13;/h4-11H,2-3,12H2,1H3,(H3,21,22,23);1H. The smallest absolute Gasteiger partial charge is 0.227 e. The van der Waals surface area contributed by atoms with Gasteiger partial charge in [-0.05, 0) is 55.0 Å². The van der Waals surface area contributed by atoms with E-state index in [4.69, 9.17) is 15.0 Å². The van der Waals surface area contributed by atoms with Crippen LogP contribution in [0.1, 0.15) is 12.3 Å². The lowest BCUT2D eigenvalue weighted by molar-refractivity contribution is 0.376. The highest BCUT2D eigenvalue weighted by atomic mass is 127. The van der Waals surface area contributed by atoms with Crippen molar-refractivity contribution in [2.75, 3.05) is 19.0 Å². The van der Waals surface area contributed by atoms with Gasteiger partial charge in [0.05, 0.1) is 7.11 Å². The van der Waals surface area contributed by atoms with E-state index >= 15 is 0 Å². The Bertz CT molecular complexity index is 897. The summed E-state index contributed by atoms with van der Waals surface area (Å²) >= 11 is 0. The third-order valence-electron chi connectivity index (χ3n) is 3.76. The number of nitrogens with two attached hydrogens (primary N) is 1. The number of guanidine groups is 1. The summed E-state index contributed by atoms with van der Waals surface area (Å²) in [6, 6.07) is 13.3. The van der Waals surface area contributed by atoms with E-state index in [1.807, 2.05) is 24.3 Å². The highest BCUT2D eigenvalue weighted by Crippen LogP contribution is 2.17. The number of aliphatic imine (C=N–C) groups is 1. The van der Waals surface area contributed by atoms with Gasteiger partial charge in [-0.2, -0.15) is 4.98 Å². The Morgan fingerprint density at radius 3 is 2.57 bits per heavy atom. The molecular weight excluding hydrogens is 476 g/mol. The summed E-state index contributed by atoms with van der Waals surface area (Å²) < 4.78 is 23.3. The molecule has 0 fully saturated rings. The minimum Gasteiger partial charge on any atom is -0.497 e. The molecule has 3 N–H and O–H groups in total. The normalized spacial score (nSPS) is 11.0. The number of halogens is 2. The third kappa shape index (κ3) is 6.19. The molecule has 148 valence electrons. The van der Waals surface area contributed by atoms with Gasteiger partial charge in [0.15, 0.2) is 5.96 Å². The fraction of sp³-hybridized carbons (Fsp3) is 0.211. The van der Waals surface area contributed by atoms with Crippen LogP contribution < -0.4 is 15.8 Å². The van der Waals surface area contributed by atoms with Crippen LogP contribution in [-0.2, 0) is 6.42 Å². The first kappa shape index (κ1) is 21.6. The molecule has 0 saturated carbocycles. The molecule has 0 atom stereocenters. The molecule has 9 heteroatoms. The number of nitrogens with zero attached hydrogens (tertiary/aromatic N) is 3. The Hall–Kier alpha value is -2.69. The first-order valence-electron chi connectivity index (χ1n) is 8.43. The number of methoxy groups -OCH3 is 1. The minimum atomic E-state index is -0.304. The number of hydrogen-bond acceptors (Lipinski definition) is 5. The van der Waals surface area contributed by atoms with Gasteiger partial charge >= 0.3 is 0 Å². The van der Waals surface area contributed by atoms with Crippen molar-refractivity contribution in [1.82, 2.24) is 10.1 Å². The van der Waals surface area contributed by atoms with Crippen molar-refractivity contribution >= 4 is 35.6 Å². The van der Waals surface area contributed by atoms with E-state index in [0.29, 0.717) is 42.6 Å². The third-order valence-corrected chi connectivity index (χ3v) is 3.76. The van der Waals surface area contributed by atoms with Gasteiger partial charge in [0.2, 0.25) is 11.7 Å². The Balaban J connectivity index is 0.00000280. The molecular formula is C19H21FIN5O2. The van der Waals surface area contributed by atoms with Gasteiger partial charge in [-0.25, -0.2) is 4.39 Å². The molecule has 2 aromatic carbocycles. The zero-order valence-corrected chi connectivity index (χ0v) is 17.6. The summed E-state index contributed by atoms with van der Waals surface area (Å²) in [5.41, 5.74) is 7.41. The molecule has 1 heterocycles. The van der Waals surface area contributed by atoms with Crippen LogP contribution in [0.3, 0.4) is 0 Å². The van der Waals surface area contributed by atoms with Crippen LogP contribution in [0, 0.1) is 5.82 Å². The van der Waals surface area contributed by atoms with Crippen LogP contribution in [0.25, 0.3) is 11.4 Å². The van der Waals surface area contributed by atoms with Crippen molar-refractivity contribution in [3.8, 4) is 17.1 Å². The van der Waals surface area contributed by atoms with Gasteiger partial charge in [-0.1, -0.05) is 5.16 Å². The molecule has 0 aliphatic rings. The fourth-order valence-electron chi connectivity index (χ4n) is 2.36. The van der Waals surface area contributed by atoms with Crippen LogP contribution in [0.5, 0.6) is 5.75 Å². The molecule has 3 rings (SSSR count). The largest absolute Gasteiger partial charge is 0.497 e. The molecule has 0 spiro atoms. The van der Waals surface area contributed by atoms with E-state index in [-0.39, 0.29) is 29.8 Å². The SMILES string of the molecule is COc1ccc(NC(N)=NCCCc2nc(-c3ccc(F)cc3)no2)cc1.I. The fourth-order valence-corrected chi connectivity index (χ4v) is 2.36. The average Bonchev–Trinajstić information content (AvgIpc) is 3.15. The van der Waals surface area contributed by atoms with Crippen molar-refractivity contribution in [3.63, 3.8) is 0 Å². The number of nitrogens with one attached hydrogen (secondary N) is 1. The van der Waals surface area contributed by atoms with E-state index in [1.165, 1.54) is 12.1 Å². The van der Waals surface area contributed by atoms with Crippen LogP contribution in [-0.4, -0.2) is 29.8 Å². The second-order valence-electron chi connectivity index (χ2n) is 5.74. The molecule has 3 aromatic rings.